The molecule has 0 bridgehead atoms. The molecule has 1 saturated carbocycles. The first-order chi connectivity index (χ1) is 9.33. The Bertz CT molecular complexity index is 545. The molecule has 1 heterocycles. The van der Waals surface area contributed by atoms with Crippen molar-refractivity contribution in [1.29, 1.82) is 0 Å². The Kier molecular flexibility index (Phi) is 3.40. The minimum absolute atomic E-state index is 0.165. The van der Waals surface area contributed by atoms with Gasteiger partial charge in [0, 0.05) is 6.20 Å². The molecule has 1 aromatic carbocycles. The highest BCUT2D eigenvalue weighted by atomic mass is 16.5. The van der Waals surface area contributed by atoms with Gasteiger partial charge in [-0.15, -0.1) is 0 Å². The Morgan fingerprint density at radius 2 is 2.00 bits per heavy atom. The average Bonchev–Trinajstić information content (AvgIpc) is 3.09. The van der Waals surface area contributed by atoms with E-state index in [1.165, 1.54) is 25.7 Å². The van der Waals surface area contributed by atoms with Gasteiger partial charge in [-0.3, -0.25) is 4.68 Å². The van der Waals surface area contributed by atoms with Crippen LogP contribution in [0, 0.1) is 0 Å². The predicted octanol–water partition coefficient (Wildman–Crippen LogP) is 3.28. The van der Waals surface area contributed by atoms with Crippen molar-refractivity contribution in [1.82, 2.24) is 9.78 Å². The number of phenolic OH excluding ortho intramolecular Hbond substituents is 1. The van der Waals surface area contributed by atoms with Crippen LogP contribution in [0.15, 0.2) is 36.5 Å². The van der Waals surface area contributed by atoms with E-state index in [0.717, 1.165) is 5.69 Å². The van der Waals surface area contributed by atoms with Crippen LogP contribution in [0.1, 0.15) is 37.4 Å². The van der Waals surface area contributed by atoms with E-state index in [0.29, 0.717) is 18.4 Å². The van der Waals surface area contributed by atoms with Crippen molar-refractivity contribution in [2.24, 2.45) is 0 Å². The highest BCUT2D eigenvalue weighted by Gasteiger charge is 2.17. The number of para-hydroxylation sites is 2. The fourth-order valence-corrected chi connectivity index (χ4v) is 2.56. The number of phenols is 1. The molecule has 4 nitrogen and oxygen atoms in total. The lowest BCUT2D eigenvalue weighted by Crippen LogP contribution is -2.06. The summed E-state index contributed by atoms with van der Waals surface area (Å²) in [6.45, 7) is 0.386. The Balaban J connectivity index is 1.63. The van der Waals surface area contributed by atoms with E-state index in [1.54, 1.807) is 18.2 Å². The predicted molar refractivity (Wildman–Crippen MR) is 72.2 cm³/mol. The maximum atomic E-state index is 9.62. The summed E-state index contributed by atoms with van der Waals surface area (Å²) in [5.74, 6) is 0.663. The molecule has 0 aliphatic heterocycles. The maximum absolute atomic E-state index is 9.62. The first-order valence-corrected chi connectivity index (χ1v) is 6.78. The molecule has 19 heavy (non-hydrogen) atoms. The summed E-state index contributed by atoms with van der Waals surface area (Å²) in [6, 6.07) is 9.52. The highest BCUT2D eigenvalue weighted by Crippen LogP contribution is 2.29. The second-order valence-corrected chi connectivity index (χ2v) is 4.98. The molecule has 1 aromatic heterocycles. The van der Waals surface area contributed by atoms with Crippen molar-refractivity contribution in [3.63, 3.8) is 0 Å². The van der Waals surface area contributed by atoms with Gasteiger partial charge in [-0.25, -0.2) is 0 Å². The molecule has 0 amide bonds. The fourth-order valence-electron chi connectivity index (χ4n) is 2.56. The van der Waals surface area contributed by atoms with Crippen LogP contribution in [0.4, 0.5) is 0 Å². The standard InChI is InChI=1S/C15H18N2O2/c18-14-7-3-4-8-15(14)19-11-12-9-10-17(16-12)13-5-1-2-6-13/h3-4,7-10,13,18H,1-2,5-6,11H2. The van der Waals surface area contributed by atoms with Gasteiger partial charge in [0.2, 0.25) is 0 Å². The van der Waals surface area contributed by atoms with Crippen molar-refractivity contribution in [3.8, 4) is 11.5 Å². The van der Waals surface area contributed by atoms with Crippen molar-refractivity contribution in [2.45, 2.75) is 38.3 Å². The van der Waals surface area contributed by atoms with Gasteiger partial charge >= 0.3 is 0 Å². The van der Waals surface area contributed by atoms with Gasteiger partial charge in [0.15, 0.2) is 11.5 Å². The maximum Gasteiger partial charge on any atom is 0.161 e. The van der Waals surface area contributed by atoms with Gasteiger partial charge in [0.1, 0.15) is 6.61 Å². The molecular weight excluding hydrogens is 240 g/mol. The van der Waals surface area contributed by atoms with Gasteiger partial charge in [0.25, 0.3) is 0 Å². The summed E-state index contributed by atoms with van der Waals surface area (Å²) in [7, 11) is 0. The van der Waals surface area contributed by atoms with Crippen LogP contribution in [0.2, 0.25) is 0 Å². The van der Waals surface area contributed by atoms with Crippen LogP contribution >= 0.6 is 0 Å². The van der Waals surface area contributed by atoms with Crippen LogP contribution in [-0.2, 0) is 6.61 Å². The van der Waals surface area contributed by atoms with Crippen LogP contribution < -0.4 is 4.74 Å². The van der Waals surface area contributed by atoms with E-state index in [9.17, 15) is 5.11 Å². The second-order valence-electron chi connectivity index (χ2n) is 4.98. The zero-order chi connectivity index (χ0) is 13.1. The number of rotatable bonds is 4. The number of nitrogens with zero attached hydrogens (tertiary/aromatic N) is 2. The summed E-state index contributed by atoms with van der Waals surface area (Å²) in [5, 5.41) is 14.2. The zero-order valence-corrected chi connectivity index (χ0v) is 10.8. The van der Waals surface area contributed by atoms with Gasteiger partial charge < -0.3 is 9.84 Å². The molecule has 1 aliphatic carbocycles. The molecule has 100 valence electrons. The average molecular weight is 258 g/mol. The molecule has 0 radical (unpaired) electrons. The number of hydrogen-bond donors (Lipinski definition) is 1. The topological polar surface area (TPSA) is 47.3 Å². The Morgan fingerprint density at radius 3 is 2.79 bits per heavy atom. The fraction of sp³-hybridized carbons (Fsp3) is 0.400. The van der Waals surface area contributed by atoms with Crippen molar-refractivity contribution >= 4 is 0 Å². The normalized spacial score (nSPS) is 15.8. The van der Waals surface area contributed by atoms with E-state index < -0.39 is 0 Å². The Hall–Kier alpha value is -1.97. The van der Waals surface area contributed by atoms with Gasteiger partial charge in [-0.1, -0.05) is 25.0 Å². The van der Waals surface area contributed by atoms with E-state index in [4.69, 9.17) is 4.74 Å². The lowest BCUT2D eigenvalue weighted by molar-refractivity contribution is 0.282. The number of benzene rings is 1. The molecule has 0 unspecified atom stereocenters. The van der Waals surface area contributed by atoms with Crippen LogP contribution in [0.25, 0.3) is 0 Å². The lowest BCUT2D eigenvalue weighted by atomic mass is 10.3. The highest BCUT2D eigenvalue weighted by molar-refractivity contribution is 5.37. The smallest absolute Gasteiger partial charge is 0.161 e. The summed E-state index contributed by atoms with van der Waals surface area (Å²) >= 11 is 0. The molecule has 3 rings (SSSR count). The largest absolute Gasteiger partial charge is 0.504 e. The third kappa shape index (κ3) is 2.72. The Labute approximate surface area is 112 Å². The molecule has 0 spiro atoms. The third-order valence-electron chi connectivity index (χ3n) is 3.60. The minimum atomic E-state index is 0.165. The summed E-state index contributed by atoms with van der Waals surface area (Å²) in [4.78, 5) is 0. The van der Waals surface area contributed by atoms with Crippen molar-refractivity contribution in [3.05, 3.63) is 42.2 Å². The Morgan fingerprint density at radius 1 is 1.21 bits per heavy atom. The molecule has 1 aliphatic rings. The summed E-state index contributed by atoms with van der Waals surface area (Å²) in [5.41, 5.74) is 0.898. The van der Waals surface area contributed by atoms with Crippen LogP contribution in [-0.4, -0.2) is 14.9 Å². The molecule has 1 fully saturated rings. The number of ether oxygens (including phenoxy) is 1. The van der Waals surface area contributed by atoms with Gasteiger partial charge in [-0.05, 0) is 31.0 Å². The van der Waals surface area contributed by atoms with Gasteiger partial charge in [-0.2, -0.15) is 5.10 Å². The van der Waals surface area contributed by atoms with Crippen molar-refractivity contribution in [2.75, 3.05) is 0 Å². The van der Waals surface area contributed by atoms with Crippen LogP contribution in [0.3, 0.4) is 0 Å². The number of hydrogen-bond acceptors (Lipinski definition) is 3. The minimum Gasteiger partial charge on any atom is -0.504 e. The first-order valence-electron chi connectivity index (χ1n) is 6.78. The molecule has 0 atom stereocenters. The summed E-state index contributed by atoms with van der Waals surface area (Å²) < 4.78 is 7.63. The van der Waals surface area contributed by atoms with Crippen LogP contribution in [0.5, 0.6) is 11.5 Å². The van der Waals surface area contributed by atoms with Gasteiger partial charge in [0.05, 0.1) is 11.7 Å². The first kappa shape index (κ1) is 12.1. The summed E-state index contributed by atoms with van der Waals surface area (Å²) in [6.07, 6.45) is 7.07. The molecule has 2 aromatic rings. The number of aromatic nitrogens is 2. The third-order valence-corrected chi connectivity index (χ3v) is 3.60. The van der Waals surface area contributed by atoms with E-state index in [2.05, 4.69) is 9.78 Å². The van der Waals surface area contributed by atoms with E-state index in [1.807, 2.05) is 18.3 Å². The molecule has 0 saturated heterocycles. The molecule has 1 N–H and O–H groups in total. The van der Waals surface area contributed by atoms with E-state index >= 15 is 0 Å². The monoisotopic (exact) mass is 258 g/mol. The quantitative estimate of drug-likeness (QED) is 0.915. The lowest BCUT2D eigenvalue weighted by Gasteiger charge is -2.09. The molecular formula is C15H18N2O2. The second kappa shape index (κ2) is 5.34. The molecule has 4 heteroatoms. The van der Waals surface area contributed by atoms with E-state index in [-0.39, 0.29) is 5.75 Å². The SMILES string of the molecule is Oc1ccccc1OCc1ccn(C2CCCC2)n1. The zero-order valence-electron chi connectivity index (χ0n) is 10.8. The van der Waals surface area contributed by atoms with Crippen molar-refractivity contribution < 1.29 is 9.84 Å². The number of aromatic hydroxyl groups is 1.